The number of rotatable bonds is 2. The molecule has 84 valence electrons. The molecule has 0 spiro atoms. The Hall–Kier alpha value is -1.84. The van der Waals surface area contributed by atoms with Crippen molar-refractivity contribution in [1.82, 2.24) is 4.98 Å². The zero-order valence-corrected chi connectivity index (χ0v) is 9.48. The van der Waals surface area contributed by atoms with Crippen LogP contribution in [0.2, 0.25) is 0 Å². The second-order valence-corrected chi connectivity index (χ2v) is 3.88. The van der Waals surface area contributed by atoms with E-state index in [1.54, 1.807) is 25.3 Å². The molecule has 0 radical (unpaired) electrons. The summed E-state index contributed by atoms with van der Waals surface area (Å²) in [6, 6.07) is 5.12. The van der Waals surface area contributed by atoms with E-state index >= 15 is 0 Å². The van der Waals surface area contributed by atoms with Crippen LogP contribution in [-0.4, -0.2) is 12.1 Å². The molecule has 4 heteroatoms. The van der Waals surface area contributed by atoms with Gasteiger partial charge in [-0.25, -0.2) is 9.78 Å². The summed E-state index contributed by atoms with van der Waals surface area (Å²) in [4.78, 5) is 16.0. The normalized spacial score (nSPS) is 11.0. The Morgan fingerprint density at radius 2 is 2.12 bits per heavy atom. The standard InChI is InChI=1S/C12H13NO3/c1-7(2)11-13-10-6-8(15-3)4-5-9(10)12(14)16-11/h4-7H,1-3H3. The highest BCUT2D eigenvalue weighted by Crippen LogP contribution is 2.19. The van der Waals surface area contributed by atoms with Gasteiger partial charge in [-0.05, 0) is 12.1 Å². The SMILES string of the molecule is COc1ccc2c(=O)oc(C(C)C)nc2c1. The molecule has 0 aliphatic rings. The van der Waals surface area contributed by atoms with E-state index in [9.17, 15) is 4.79 Å². The van der Waals surface area contributed by atoms with Crippen LogP contribution in [0.4, 0.5) is 0 Å². The van der Waals surface area contributed by atoms with Gasteiger partial charge in [0, 0.05) is 12.0 Å². The minimum Gasteiger partial charge on any atom is -0.497 e. The first-order chi connectivity index (χ1) is 7.61. The number of ether oxygens (including phenoxy) is 1. The van der Waals surface area contributed by atoms with Crippen molar-refractivity contribution in [1.29, 1.82) is 0 Å². The minimum absolute atomic E-state index is 0.0864. The van der Waals surface area contributed by atoms with E-state index < -0.39 is 0 Å². The molecule has 0 bridgehead atoms. The van der Waals surface area contributed by atoms with Crippen LogP contribution >= 0.6 is 0 Å². The summed E-state index contributed by atoms with van der Waals surface area (Å²) in [6.45, 7) is 3.86. The average Bonchev–Trinajstić information content (AvgIpc) is 2.28. The molecule has 0 aliphatic heterocycles. The van der Waals surface area contributed by atoms with Crippen LogP contribution < -0.4 is 10.4 Å². The van der Waals surface area contributed by atoms with Crippen LogP contribution in [-0.2, 0) is 0 Å². The molecule has 0 saturated carbocycles. The Labute approximate surface area is 92.9 Å². The number of aromatic nitrogens is 1. The van der Waals surface area contributed by atoms with Crippen LogP contribution in [0.25, 0.3) is 10.9 Å². The van der Waals surface area contributed by atoms with Crippen molar-refractivity contribution in [2.24, 2.45) is 0 Å². The fraction of sp³-hybridized carbons (Fsp3) is 0.333. The first-order valence-corrected chi connectivity index (χ1v) is 5.10. The second-order valence-electron chi connectivity index (χ2n) is 3.88. The molecule has 1 aromatic carbocycles. The van der Waals surface area contributed by atoms with E-state index in [0.717, 1.165) is 0 Å². The average molecular weight is 219 g/mol. The van der Waals surface area contributed by atoms with Gasteiger partial charge in [0.15, 0.2) is 0 Å². The summed E-state index contributed by atoms with van der Waals surface area (Å²) in [5.74, 6) is 1.22. The topological polar surface area (TPSA) is 52.3 Å². The van der Waals surface area contributed by atoms with Gasteiger partial charge in [0.05, 0.1) is 18.0 Å². The molecule has 2 rings (SSSR count). The minimum atomic E-state index is -0.351. The van der Waals surface area contributed by atoms with Gasteiger partial charge in [0.1, 0.15) is 5.75 Å². The van der Waals surface area contributed by atoms with Crippen molar-refractivity contribution >= 4 is 10.9 Å². The molecule has 0 N–H and O–H groups in total. The fourth-order valence-electron chi connectivity index (χ4n) is 1.44. The molecule has 4 nitrogen and oxygen atoms in total. The number of benzene rings is 1. The van der Waals surface area contributed by atoms with Crippen molar-refractivity contribution in [3.8, 4) is 5.75 Å². The molecule has 0 atom stereocenters. The lowest BCUT2D eigenvalue weighted by Crippen LogP contribution is -2.06. The highest BCUT2D eigenvalue weighted by molar-refractivity contribution is 5.78. The fourth-order valence-corrected chi connectivity index (χ4v) is 1.44. The first kappa shape index (κ1) is 10.7. The predicted molar refractivity (Wildman–Crippen MR) is 60.9 cm³/mol. The second kappa shape index (κ2) is 3.96. The summed E-state index contributed by atoms with van der Waals surface area (Å²) >= 11 is 0. The maximum atomic E-state index is 11.7. The molecule has 0 fully saturated rings. The summed E-state index contributed by atoms with van der Waals surface area (Å²) in [5.41, 5.74) is 0.260. The number of methoxy groups -OCH3 is 1. The van der Waals surface area contributed by atoms with E-state index in [1.807, 2.05) is 13.8 Å². The molecule has 0 amide bonds. The van der Waals surface area contributed by atoms with Crippen LogP contribution in [0.1, 0.15) is 25.7 Å². The third-order valence-corrected chi connectivity index (χ3v) is 2.35. The highest BCUT2D eigenvalue weighted by Gasteiger charge is 2.09. The molecule has 1 heterocycles. The molecule has 0 saturated heterocycles. The summed E-state index contributed by atoms with van der Waals surface area (Å²) in [6.07, 6.45) is 0. The first-order valence-electron chi connectivity index (χ1n) is 5.10. The molecule has 16 heavy (non-hydrogen) atoms. The van der Waals surface area contributed by atoms with Gasteiger partial charge in [-0.3, -0.25) is 0 Å². The number of hydrogen-bond acceptors (Lipinski definition) is 4. The number of hydrogen-bond donors (Lipinski definition) is 0. The Kier molecular flexibility index (Phi) is 2.64. The van der Waals surface area contributed by atoms with Crippen molar-refractivity contribution in [3.63, 3.8) is 0 Å². The Morgan fingerprint density at radius 1 is 1.38 bits per heavy atom. The number of nitrogens with zero attached hydrogens (tertiary/aromatic N) is 1. The van der Waals surface area contributed by atoms with E-state index in [0.29, 0.717) is 22.5 Å². The Bertz CT molecular complexity index is 572. The Morgan fingerprint density at radius 3 is 2.75 bits per heavy atom. The summed E-state index contributed by atoms with van der Waals surface area (Å²) in [7, 11) is 1.58. The molecular weight excluding hydrogens is 206 g/mol. The monoisotopic (exact) mass is 219 g/mol. The maximum Gasteiger partial charge on any atom is 0.346 e. The van der Waals surface area contributed by atoms with Gasteiger partial charge in [0.25, 0.3) is 0 Å². The summed E-state index contributed by atoms with van der Waals surface area (Å²) in [5, 5.41) is 0.477. The van der Waals surface area contributed by atoms with Crippen molar-refractivity contribution < 1.29 is 9.15 Å². The highest BCUT2D eigenvalue weighted by atomic mass is 16.5. The zero-order valence-electron chi connectivity index (χ0n) is 9.48. The van der Waals surface area contributed by atoms with E-state index in [-0.39, 0.29) is 11.5 Å². The van der Waals surface area contributed by atoms with Gasteiger partial charge in [-0.15, -0.1) is 0 Å². The number of fused-ring (bicyclic) bond motifs is 1. The lowest BCUT2D eigenvalue weighted by Gasteiger charge is -2.05. The van der Waals surface area contributed by atoms with Crippen molar-refractivity contribution in [2.75, 3.05) is 7.11 Å². The quantitative estimate of drug-likeness (QED) is 0.777. The van der Waals surface area contributed by atoms with Gasteiger partial charge in [0.2, 0.25) is 5.89 Å². The van der Waals surface area contributed by atoms with Crippen LogP contribution in [0.15, 0.2) is 27.4 Å². The van der Waals surface area contributed by atoms with Gasteiger partial charge >= 0.3 is 5.63 Å². The van der Waals surface area contributed by atoms with Crippen molar-refractivity contribution in [2.45, 2.75) is 19.8 Å². The van der Waals surface area contributed by atoms with E-state index in [1.165, 1.54) is 0 Å². The van der Waals surface area contributed by atoms with E-state index in [4.69, 9.17) is 9.15 Å². The maximum absolute atomic E-state index is 11.7. The molecule has 2 aromatic rings. The third kappa shape index (κ3) is 1.78. The predicted octanol–water partition coefficient (Wildman–Crippen LogP) is 2.32. The van der Waals surface area contributed by atoms with Crippen LogP contribution in [0, 0.1) is 0 Å². The Balaban J connectivity index is 2.73. The molecular formula is C12H13NO3. The zero-order chi connectivity index (χ0) is 11.7. The molecule has 1 aromatic heterocycles. The lowest BCUT2D eigenvalue weighted by atomic mass is 10.2. The van der Waals surface area contributed by atoms with Crippen LogP contribution in [0.3, 0.4) is 0 Å². The summed E-state index contributed by atoms with van der Waals surface area (Å²) < 4.78 is 10.2. The van der Waals surface area contributed by atoms with Gasteiger partial charge < -0.3 is 9.15 Å². The van der Waals surface area contributed by atoms with Crippen molar-refractivity contribution in [3.05, 3.63) is 34.5 Å². The largest absolute Gasteiger partial charge is 0.497 e. The van der Waals surface area contributed by atoms with E-state index in [2.05, 4.69) is 4.98 Å². The molecule has 0 aliphatic carbocycles. The van der Waals surface area contributed by atoms with Crippen LogP contribution in [0.5, 0.6) is 5.75 Å². The lowest BCUT2D eigenvalue weighted by molar-refractivity contribution is 0.413. The smallest absolute Gasteiger partial charge is 0.346 e. The molecule has 0 unspecified atom stereocenters. The van der Waals surface area contributed by atoms with Gasteiger partial charge in [-0.2, -0.15) is 0 Å². The third-order valence-electron chi connectivity index (χ3n) is 2.35. The van der Waals surface area contributed by atoms with Gasteiger partial charge in [-0.1, -0.05) is 13.8 Å².